The van der Waals surface area contributed by atoms with Gasteiger partial charge in [0.15, 0.2) is 5.17 Å². The molecule has 3 aliphatic heterocycles. The molecule has 1 amide bonds. The number of ether oxygens (including phenoxy) is 2. The monoisotopic (exact) mass is 503 g/mol. The summed E-state index contributed by atoms with van der Waals surface area (Å²) < 4.78 is 11.4. The van der Waals surface area contributed by atoms with Gasteiger partial charge >= 0.3 is 5.97 Å². The van der Waals surface area contributed by atoms with E-state index in [0.29, 0.717) is 17.8 Å². The minimum absolute atomic E-state index is 0.0788. The van der Waals surface area contributed by atoms with Gasteiger partial charge in [0.05, 0.1) is 29.8 Å². The molecule has 2 atom stereocenters. The van der Waals surface area contributed by atoms with Crippen molar-refractivity contribution in [1.29, 1.82) is 0 Å². The summed E-state index contributed by atoms with van der Waals surface area (Å²) in [6.07, 6.45) is 2.27. The summed E-state index contributed by atoms with van der Waals surface area (Å²) in [6.45, 7) is 3.28. The van der Waals surface area contributed by atoms with Crippen molar-refractivity contribution < 1.29 is 19.1 Å². The smallest absolute Gasteiger partial charge is 0.338 e. The van der Waals surface area contributed by atoms with E-state index in [9.17, 15) is 9.59 Å². The fourth-order valence-electron chi connectivity index (χ4n) is 4.64. The number of nitrogens with zero attached hydrogens (tertiary/aromatic N) is 2. The van der Waals surface area contributed by atoms with E-state index in [1.807, 2.05) is 77.9 Å². The molecule has 8 heteroatoms. The lowest BCUT2D eigenvalue weighted by Gasteiger charge is -2.36. The van der Waals surface area contributed by atoms with Crippen LogP contribution >= 0.6 is 11.8 Å². The molecular weight excluding hydrogens is 474 g/mol. The average molecular weight is 504 g/mol. The fourth-order valence-corrected chi connectivity index (χ4v) is 5.61. The number of nitrogens with one attached hydrogen (secondary N) is 1. The summed E-state index contributed by atoms with van der Waals surface area (Å²) in [4.78, 5) is 33.0. The van der Waals surface area contributed by atoms with Gasteiger partial charge in [0, 0.05) is 18.8 Å². The number of thioether (sulfide) groups is 1. The number of fused-ring (bicyclic) bond motifs is 1. The molecular formula is C28H29N3O4S. The SMILES string of the molecule is CC1=C(C(=O)OCc2ccccc2)C(c2ccccc2)N2C(CC(=O)NCC3CCCO3)=CSC2=N1. The van der Waals surface area contributed by atoms with E-state index < -0.39 is 12.0 Å². The van der Waals surface area contributed by atoms with Crippen molar-refractivity contribution >= 4 is 28.8 Å². The third kappa shape index (κ3) is 5.39. The molecule has 3 aliphatic rings. The highest BCUT2D eigenvalue weighted by atomic mass is 32.2. The first-order valence-corrected chi connectivity index (χ1v) is 13.1. The van der Waals surface area contributed by atoms with Gasteiger partial charge in [-0.15, -0.1) is 0 Å². The molecule has 186 valence electrons. The van der Waals surface area contributed by atoms with Gasteiger partial charge in [-0.25, -0.2) is 9.79 Å². The highest BCUT2D eigenvalue weighted by Gasteiger charge is 2.41. The number of aliphatic imine (C=N–C) groups is 1. The van der Waals surface area contributed by atoms with Crippen molar-refractivity contribution in [2.24, 2.45) is 4.99 Å². The van der Waals surface area contributed by atoms with Crippen molar-refractivity contribution in [3.05, 3.63) is 94.2 Å². The van der Waals surface area contributed by atoms with Crippen molar-refractivity contribution in [2.75, 3.05) is 13.2 Å². The van der Waals surface area contributed by atoms with Crippen molar-refractivity contribution in [2.45, 2.75) is 44.9 Å². The number of benzene rings is 2. The number of hydrogen-bond donors (Lipinski definition) is 1. The molecule has 5 rings (SSSR count). The van der Waals surface area contributed by atoms with E-state index >= 15 is 0 Å². The number of rotatable bonds is 8. The number of allylic oxidation sites excluding steroid dienone is 1. The number of carbonyl (C=O) groups excluding carboxylic acids is 2. The number of amidine groups is 1. The first-order chi connectivity index (χ1) is 17.6. The van der Waals surface area contributed by atoms with Gasteiger partial charge in [0.25, 0.3) is 0 Å². The molecule has 0 saturated carbocycles. The first kappa shape index (κ1) is 24.3. The van der Waals surface area contributed by atoms with Gasteiger partial charge in [-0.2, -0.15) is 0 Å². The van der Waals surface area contributed by atoms with Crippen LogP contribution in [0.2, 0.25) is 0 Å². The Balaban J connectivity index is 1.37. The summed E-state index contributed by atoms with van der Waals surface area (Å²) in [6, 6.07) is 19.0. The molecule has 0 spiro atoms. The van der Waals surface area contributed by atoms with Crippen LogP contribution in [-0.4, -0.2) is 41.2 Å². The largest absolute Gasteiger partial charge is 0.457 e. The molecule has 3 heterocycles. The molecule has 1 N–H and O–H groups in total. The average Bonchev–Trinajstić information content (AvgIpc) is 3.56. The maximum Gasteiger partial charge on any atom is 0.338 e. The summed E-state index contributed by atoms with van der Waals surface area (Å²) in [5.74, 6) is -0.489. The van der Waals surface area contributed by atoms with Gasteiger partial charge in [-0.05, 0) is 36.3 Å². The van der Waals surface area contributed by atoms with Crippen molar-refractivity contribution in [3.8, 4) is 0 Å². The Morgan fingerprint density at radius 3 is 2.61 bits per heavy atom. The van der Waals surface area contributed by atoms with Crippen LogP contribution in [0.15, 0.2) is 88.0 Å². The number of esters is 1. The molecule has 2 aromatic carbocycles. The highest BCUT2D eigenvalue weighted by molar-refractivity contribution is 8.16. The topological polar surface area (TPSA) is 80.2 Å². The van der Waals surface area contributed by atoms with E-state index in [2.05, 4.69) is 5.32 Å². The van der Waals surface area contributed by atoms with Crippen LogP contribution in [0.25, 0.3) is 0 Å². The summed E-state index contributed by atoms with van der Waals surface area (Å²) in [5.41, 5.74) is 3.76. The van der Waals surface area contributed by atoms with Crippen LogP contribution in [-0.2, 0) is 25.7 Å². The quantitative estimate of drug-likeness (QED) is 0.527. The standard InChI is InChI=1S/C28H29N3O4S/c1-19-25(27(33)35-17-20-9-4-2-5-10-20)26(21-11-6-3-7-12-21)31-22(18-36-28(31)30-19)15-24(32)29-16-23-13-8-14-34-23/h2-7,9-12,18,23,26H,8,13-17H2,1H3,(H,29,32). The Bertz CT molecular complexity index is 1200. The van der Waals surface area contributed by atoms with Gasteiger partial charge in [0.1, 0.15) is 6.61 Å². The van der Waals surface area contributed by atoms with E-state index in [4.69, 9.17) is 14.5 Å². The molecule has 7 nitrogen and oxygen atoms in total. The number of hydrogen-bond acceptors (Lipinski definition) is 7. The van der Waals surface area contributed by atoms with E-state index in [-0.39, 0.29) is 25.0 Å². The molecule has 2 aromatic rings. The molecule has 1 fully saturated rings. The zero-order valence-electron chi connectivity index (χ0n) is 20.2. The second kappa shape index (κ2) is 11.1. The summed E-state index contributed by atoms with van der Waals surface area (Å²) >= 11 is 1.47. The zero-order chi connectivity index (χ0) is 24.9. The Morgan fingerprint density at radius 1 is 1.14 bits per heavy atom. The van der Waals surface area contributed by atoms with Crippen LogP contribution in [0, 0.1) is 0 Å². The van der Waals surface area contributed by atoms with E-state index in [1.165, 1.54) is 11.8 Å². The van der Waals surface area contributed by atoms with Crippen LogP contribution in [0.5, 0.6) is 0 Å². The lowest BCUT2D eigenvalue weighted by atomic mass is 9.94. The van der Waals surface area contributed by atoms with E-state index in [1.54, 1.807) is 0 Å². The lowest BCUT2D eigenvalue weighted by Crippen LogP contribution is -2.38. The highest BCUT2D eigenvalue weighted by Crippen LogP contribution is 2.44. The van der Waals surface area contributed by atoms with Gasteiger partial charge < -0.3 is 19.7 Å². The zero-order valence-corrected chi connectivity index (χ0v) is 21.0. The maximum atomic E-state index is 13.4. The van der Waals surface area contributed by atoms with Gasteiger partial charge in [-0.1, -0.05) is 72.4 Å². The Morgan fingerprint density at radius 2 is 1.89 bits per heavy atom. The lowest BCUT2D eigenvalue weighted by molar-refractivity contribution is -0.141. The van der Waals surface area contributed by atoms with Crippen LogP contribution < -0.4 is 5.32 Å². The second-order valence-electron chi connectivity index (χ2n) is 8.98. The molecule has 2 unspecified atom stereocenters. The molecule has 1 saturated heterocycles. The third-order valence-corrected chi connectivity index (χ3v) is 7.33. The number of amides is 1. The molecule has 0 aliphatic carbocycles. The maximum absolute atomic E-state index is 13.4. The molecule has 36 heavy (non-hydrogen) atoms. The summed E-state index contributed by atoms with van der Waals surface area (Å²) in [5, 5.41) is 5.70. The Labute approximate surface area is 215 Å². The van der Waals surface area contributed by atoms with Crippen LogP contribution in [0.4, 0.5) is 0 Å². The third-order valence-electron chi connectivity index (χ3n) is 6.44. The van der Waals surface area contributed by atoms with Crippen LogP contribution in [0.1, 0.15) is 43.4 Å². The Kier molecular flexibility index (Phi) is 7.53. The molecule has 0 aromatic heterocycles. The summed E-state index contributed by atoms with van der Waals surface area (Å²) in [7, 11) is 0. The molecule has 0 bridgehead atoms. The minimum Gasteiger partial charge on any atom is -0.457 e. The van der Waals surface area contributed by atoms with Gasteiger partial charge in [0.2, 0.25) is 5.91 Å². The fraction of sp³-hybridized carbons (Fsp3) is 0.321. The Hall–Kier alpha value is -3.36. The predicted octanol–water partition coefficient (Wildman–Crippen LogP) is 4.69. The second-order valence-corrected chi connectivity index (χ2v) is 9.82. The van der Waals surface area contributed by atoms with Crippen molar-refractivity contribution in [3.63, 3.8) is 0 Å². The van der Waals surface area contributed by atoms with Gasteiger partial charge in [-0.3, -0.25) is 4.79 Å². The van der Waals surface area contributed by atoms with Crippen LogP contribution in [0.3, 0.4) is 0 Å². The van der Waals surface area contributed by atoms with E-state index in [0.717, 1.165) is 41.4 Å². The minimum atomic E-state index is -0.436. The normalized spacial score (nSPS) is 21.1. The molecule has 0 radical (unpaired) electrons. The predicted molar refractivity (Wildman–Crippen MR) is 140 cm³/mol. The van der Waals surface area contributed by atoms with Crippen molar-refractivity contribution in [1.82, 2.24) is 10.2 Å². The number of carbonyl (C=O) groups is 2. The first-order valence-electron chi connectivity index (χ1n) is 12.2.